The molecule has 1 atom stereocenters. The van der Waals surface area contributed by atoms with Crippen LogP contribution in [0.15, 0.2) is 12.1 Å². The Morgan fingerprint density at radius 2 is 2.20 bits per heavy atom. The number of thiazole rings is 1. The smallest absolute Gasteiger partial charge is 0.244 e. The van der Waals surface area contributed by atoms with Crippen molar-refractivity contribution < 1.29 is 17.9 Å². The first kappa shape index (κ1) is 18.4. The third-order valence-corrected chi connectivity index (χ3v) is 6.81. The Morgan fingerprint density at radius 3 is 2.88 bits per heavy atom. The van der Waals surface area contributed by atoms with E-state index in [1.807, 2.05) is 0 Å². The van der Waals surface area contributed by atoms with E-state index in [1.165, 1.54) is 22.8 Å². The highest BCUT2D eigenvalue weighted by molar-refractivity contribution is 7.88. The number of sulfonamides is 1. The number of hydrogen-bond acceptors (Lipinski definition) is 6. The molecule has 0 saturated carbocycles. The first-order valence-corrected chi connectivity index (χ1v) is 10.8. The zero-order valence-electron chi connectivity index (χ0n) is 13.8. The first-order valence-electron chi connectivity index (χ1n) is 7.72. The number of fused-ring (bicyclic) bond motifs is 1. The van der Waals surface area contributed by atoms with Gasteiger partial charge in [0.25, 0.3) is 0 Å². The van der Waals surface area contributed by atoms with Gasteiger partial charge in [0.15, 0.2) is 5.13 Å². The maximum Gasteiger partial charge on any atom is 0.244 e. The second kappa shape index (κ2) is 7.06. The van der Waals surface area contributed by atoms with E-state index in [0.29, 0.717) is 39.1 Å². The average molecular weight is 404 g/mol. The number of rotatable bonds is 4. The molecule has 1 fully saturated rings. The molecule has 1 unspecified atom stereocenters. The number of benzene rings is 1. The summed E-state index contributed by atoms with van der Waals surface area (Å²) in [5.74, 6) is 0.186. The summed E-state index contributed by atoms with van der Waals surface area (Å²) in [5.41, 5.74) is 0.568. The molecule has 1 N–H and O–H groups in total. The van der Waals surface area contributed by atoms with Crippen molar-refractivity contribution in [2.24, 2.45) is 0 Å². The molecule has 2 heterocycles. The van der Waals surface area contributed by atoms with Crippen LogP contribution >= 0.6 is 22.9 Å². The van der Waals surface area contributed by atoms with Gasteiger partial charge in [0.05, 0.1) is 23.1 Å². The normalized spacial score (nSPS) is 19.1. The molecule has 0 bridgehead atoms. The highest BCUT2D eigenvalue weighted by Gasteiger charge is 2.34. The topological polar surface area (TPSA) is 88.6 Å². The lowest BCUT2D eigenvalue weighted by Crippen LogP contribution is -2.49. The van der Waals surface area contributed by atoms with Crippen LogP contribution < -0.4 is 10.1 Å². The molecule has 25 heavy (non-hydrogen) atoms. The lowest BCUT2D eigenvalue weighted by Gasteiger charge is -2.32. The summed E-state index contributed by atoms with van der Waals surface area (Å²) >= 11 is 7.41. The van der Waals surface area contributed by atoms with Crippen molar-refractivity contribution >= 4 is 54.2 Å². The first-order chi connectivity index (χ1) is 11.8. The predicted molar refractivity (Wildman–Crippen MR) is 99.0 cm³/mol. The molecular formula is C15H18ClN3O4S2. The van der Waals surface area contributed by atoms with Crippen LogP contribution in [0.3, 0.4) is 0 Å². The van der Waals surface area contributed by atoms with Crippen LogP contribution in [0.25, 0.3) is 10.2 Å². The number of aromatic nitrogens is 1. The van der Waals surface area contributed by atoms with Crippen molar-refractivity contribution in [1.82, 2.24) is 9.29 Å². The summed E-state index contributed by atoms with van der Waals surface area (Å²) in [6.07, 6.45) is 3.18. The number of nitrogens with zero attached hydrogens (tertiary/aromatic N) is 2. The van der Waals surface area contributed by atoms with Crippen LogP contribution in [-0.4, -0.2) is 49.6 Å². The van der Waals surface area contributed by atoms with Gasteiger partial charge < -0.3 is 10.1 Å². The summed E-state index contributed by atoms with van der Waals surface area (Å²) < 4.78 is 31.1. The van der Waals surface area contributed by atoms with Crippen molar-refractivity contribution in [3.63, 3.8) is 0 Å². The van der Waals surface area contributed by atoms with E-state index < -0.39 is 16.1 Å². The van der Waals surface area contributed by atoms with E-state index in [9.17, 15) is 13.2 Å². The van der Waals surface area contributed by atoms with E-state index in [1.54, 1.807) is 12.1 Å². The maximum absolute atomic E-state index is 12.6. The Morgan fingerprint density at radius 1 is 1.44 bits per heavy atom. The summed E-state index contributed by atoms with van der Waals surface area (Å²) in [4.78, 5) is 17.0. The number of amides is 1. The molecule has 1 aliphatic heterocycles. The van der Waals surface area contributed by atoms with E-state index in [4.69, 9.17) is 16.3 Å². The summed E-state index contributed by atoms with van der Waals surface area (Å²) in [5, 5.41) is 3.61. The number of anilines is 1. The minimum absolute atomic E-state index is 0.358. The fraction of sp³-hybridized carbons (Fsp3) is 0.467. The number of ether oxygens (including phenoxy) is 1. The monoisotopic (exact) mass is 403 g/mol. The molecular weight excluding hydrogens is 386 g/mol. The fourth-order valence-corrected chi connectivity index (χ4v) is 5.21. The van der Waals surface area contributed by atoms with Gasteiger partial charge in [-0.3, -0.25) is 4.79 Å². The molecule has 0 spiro atoms. The molecule has 7 nitrogen and oxygen atoms in total. The van der Waals surface area contributed by atoms with Crippen molar-refractivity contribution in [3.05, 3.63) is 17.2 Å². The molecule has 3 rings (SSSR count). The predicted octanol–water partition coefficient (Wildman–Crippen LogP) is 2.71. The molecule has 1 aliphatic rings. The van der Waals surface area contributed by atoms with E-state index >= 15 is 0 Å². The molecule has 2 aromatic rings. The average Bonchev–Trinajstić information content (AvgIpc) is 2.99. The van der Waals surface area contributed by atoms with Gasteiger partial charge in [-0.15, -0.1) is 0 Å². The molecule has 1 amide bonds. The molecule has 0 radical (unpaired) electrons. The van der Waals surface area contributed by atoms with Gasteiger partial charge in [0.2, 0.25) is 15.9 Å². The molecule has 1 aromatic carbocycles. The number of methoxy groups -OCH3 is 1. The van der Waals surface area contributed by atoms with Crippen molar-refractivity contribution in [3.8, 4) is 5.75 Å². The molecule has 10 heteroatoms. The Balaban J connectivity index is 1.87. The zero-order chi connectivity index (χ0) is 18.2. The minimum Gasteiger partial charge on any atom is -0.494 e. The standard InChI is InChI=1S/C15H18ClN3O4S2/c1-23-11-7-6-9(16)13-12(11)17-15(24-13)18-14(20)10-5-3-4-8-19(10)25(2,21)22/h6-7,10H,3-5,8H2,1-2H3,(H,17,18,20). The van der Waals surface area contributed by atoms with Crippen LogP contribution in [0, 0.1) is 0 Å². The number of carbonyl (C=O) groups excluding carboxylic acids is 1. The largest absolute Gasteiger partial charge is 0.494 e. The van der Waals surface area contributed by atoms with Gasteiger partial charge in [-0.2, -0.15) is 4.31 Å². The maximum atomic E-state index is 12.6. The van der Waals surface area contributed by atoms with Crippen LogP contribution in [0.4, 0.5) is 5.13 Å². The highest BCUT2D eigenvalue weighted by atomic mass is 35.5. The lowest BCUT2D eigenvalue weighted by molar-refractivity contribution is -0.120. The Labute approximate surface area is 155 Å². The number of hydrogen-bond donors (Lipinski definition) is 1. The Kier molecular flexibility index (Phi) is 5.19. The Hall–Kier alpha value is -1.42. The zero-order valence-corrected chi connectivity index (χ0v) is 16.2. The number of carbonyl (C=O) groups is 1. The van der Waals surface area contributed by atoms with Crippen molar-refractivity contribution in [2.75, 3.05) is 25.2 Å². The van der Waals surface area contributed by atoms with Crippen molar-refractivity contribution in [1.29, 1.82) is 0 Å². The second-order valence-electron chi connectivity index (χ2n) is 5.82. The van der Waals surface area contributed by atoms with Crippen molar-refractivity contribution in [2.45, 2.75) is 25.3 Å². The highest BCUT2D eigenvalue weighted by Crippen LogP contribution is 2.37. The van der Waals surface area contributed by atoms with E-state index in [2.05, 4.69) is 10.3 Å². The van der Waals surface area contributed by atoms with Crippen LogP contribution in [0.2, 0.25) is 5.02 Å². The van der Waals surface area contributed by atoms with Gasteiger partial charge in [0, 0.05) is 6.54 Å². The van der Waals surface area contributed by atoms with Gasteiger partial charge in [-0.1, -0.05) is 29.4 Å². The molecule has 136 valence electrons. The second-order valence-corrected chi connectivity index (χ2v) is 9.16. The molecule has 1 saturated heterocycles. The third-order valence-electron chi connectivity index (χ3n) is 4.09. The SMILES string of the molecule is COc1ccc(Cl)c2sc(NC(=O)C3CCCCN3S(C)(=O)=O)nc12. The number of nitrogens with one attached hydrogen (secondary N) is 1. The van der Waals surface area contributed by atoms with Gasteiger partial charge in [-0.25, -0.2) is 13.4 Å². The lowest BCUT2D eigenvalue weighted by atomic mass is 10.0. The fourth-order valence-electron chi connectivity index (χ4n) is 2.92. The Bertz CT molecular complexity index is 913. The quantitative estimate of drug-likeness (QED) is 0.847. The van der Waals surface area contributed by atoms with E-state index in [-0.39, 0.29) is 5.91 Å². The number of halogens is 1. The third kappa shape index (κ3) is 3.74. The van der Waals surface area contributed by atoms with E-state index in [0.717, 1.165) is 19.1 Å². The van der Waals surface area contributed by atoms with Crippen LogP contribution in [-0.2, 0) is 14.8 Å². The van der Waals surface area contributed by atoms with Crippen LogP contribution in [0.1, 0.15) is 19.3 Å². The minimum atomic E-state index is -3.44. The van der Waals surface area contributed by atoms with Gasteiger partial charge in [0.1, 0.15) is 17.3 Å². The summed E-state index contributed by atoms with van der Waals surface area (Å²) in [6, 6.07) is 2.70. The summed E-state index contributed by atoms with van der Waals surface area (Å²) in [6.45, 7) is 0.358. The van der Waals surface area contributed by atoms with Crippen LogP contribution in [0.5, 0.6) is 5.75 Å². The molecule has 1 aromatic heterocycles. The van der Waals surface area contributed by atoms with Gasteiger partial charge in [-0.05, 0) is 25.0 Å². The number of piperidine rings is 1. The van der Waals surface area contributed by atoms with Gasteiger partial charge >= 0.3 is 0 Å². The summed E-state index contributed by atoms with van der Waals surface area (Å²) in [7, 11) is -1.91. The molecule has 0 aliphatic carbocycles.